The second kappa shape index (κ2) is 7.22. The fourth-order valence-electron chi connectivity index (χ4n) is 2.21. The monoisotopic (exact) mass is 292 g/mol. The maximum Gasteiger partial charge on any atom is 0.322 e. The largest absolute Gasteiger partial charge is 0.480 e. The molecule has 0 fully saturated rings. The lowest BCUT2D eigenvalue weighted by molar-refractivity contribution is -0.137. The molecule has 0 aliphatic heterocycles. The molecule has 1 aromatic rings. The van der Waals surface area contributed by atoms with Crippen LogP contribution < -0.4 is 10.6 Å². The molecule has 1 unspecified atom stereocenters. The molecule has 5 nitrogen and oxygen atoms in total. The van der Waals surface area contributed by atoms with E-state index in [1.165, 1.54) is 5.56 Å². The van der Waals surface area contributed by atoms with Gasteiger partial charge in [0.25, 0.3) is 0 Å². The molecule has 1 rings (SSSR count). The van der Waals surface area contributed by atoms with Crippen molar-refractivity contribution in [1.29, 1.82) is 0 Å². The van der Waals surface area contributed by atoms with Crippen LogP contribution in [-0.4, -0.2) is 30.1 Å². The zero-order chi connectivity index (χ0) is 16.0. The van der Waals surface area contributed by atoms with E-state index in [2.05, 4.69) is 37.5 Å². The minimum absolute atomic E-state index is 0.00739. The molecule has 21 heavy (non-hydrogen) atoms. The van der Waals surface area contributed by atoms with Crippen LogP contribution in [0.5, 0.6) is 0 Å². The normalized spacial score (nSPS) is 12.8. The smallest absolute Gasteiger partial charge is 0.322 e. The van der Waals surface area contributed by atoms with E-state index in [4.69, 9.17) is 5.11 Å². The Kier molecular flexibility index (Phi) is 5.90. The average molecular weight is 292 g/mol. The zero-order valence-electron chi connectivity index (χ0n) is 13.1. The molecule has 0 aromatic heterocycles. The van der Waals surface area contributed by atoms with E-state index in [0.29, 0.717) is 0 Å². The molecular formula is C16H24N2O3. The predicted octanol–water partition coefficient (Wildman–Crippen LogP) is 1.87. The van der Waals surface area contributed by atoms with Gasteiger partial charge < -0.3 is 15.7 Å². The molecule has 0 aliphatic carbocycles. The summed E-state index contributed by atoms with van der Waals surface area (Å²) in [6.07, 6.45) is 0. The van der Waals surface area contributed by atoms with Gasteiger partial charge in [0.1, 0.15) is 6.54 Å². The first-order valence-electron chi connectivity index (χ1n) is 6.98. The zero-order valence-corrected chi connectivity index (χ0v) is 13.1. The highest BCUT2D eigenvalue weighted by molar-refractivity contribution is 5.82. The number of nitrogens with one attached hydrogen (secondary N) is 2. The first kappa shape index (κ1) is 17.2. The summed E-state index contributed by atoms with van der Waals surface area (Å²) >= 11 is 0. The van der Waals surface area contributed by atoms with Gasteiger partial charge in [-0.15, -0.1) is 0 Å². The first-order chi connectivity index (χ1) is 9.70. The van der Waals surface area contributed by atoms with Crippen molar-refractivity contribution in [2.24, 2.45) is 5.41 Å². The van der Waals surface area contributed by atoms with Crippen molar-refractivity contribution in [3.05, 3.63) is 35.4 Å². The molecule has 0 radical (unpaired) electrons. The van der Waals surface area contributed by atoms with Crippen molar-refractivity contribution >= 4 is 11.9 Å². The fraction of sp³-hybridized carbons (Fsp3) is 0.500. The van der Waals surface area contributed by atoms with Crippen LogP contribution in [0.15, 0.2) is 24.3 Å². The van der Waals surface area contributed by atoms with Crippen LogP contribution in [0, 0.1) is 12.3 Å². The van der Waals surface area contributed by atoms with Gasteiger partial charge in [0, 0.05) is 6.04 Å². The summed E-state index contributed by atoms with van der Waals surface area (Å²) < 4.78 is 0. The summed E-state index contributed by atoms with van der Waals surface area (Å²) in [5.41, 5.74) is 2.22. The molecule has 116 valence electrons. The van der Waals surface area contributed by atoms with E-state index in [-0.39, 0.29) is 30.5 Å². The number of hydrogen-bond donors (Lipinski definition) is 3. The summed E-state index contributed by atoms with van der Waals surface area (Å²) in [6, 6.07) is 8.16. The van der Waals surface area contributed by atoms with Crippen molar-refractivity contribution in [2.75, 3.05) is 13.1 Å². The molecule has 3 N–H and O–H groups in total. The van der Waals surface area contributed by atoms with Crippen LogP contribution in [0.4, 0.5) is 0 Å². The number of carboxylic acids is 1. The Balaban J connectivity index is 2.73. The van der Waals surface area contributed by atoms with Crippen LogP contribution in [-0.2, 0) is 9.59 Å². The van der Waals surface area contributed by atoms with Crippen LogP contribution >= 0.6 is 0 Å². The van der Waals surface area contributed by atoms with Gasteiger partial charge in [0.2, 0.25) is 5.91 Å². The van der Waals surface area contributed by atoms with Crippen molar-refractivity contribution in [1.82, 2.24) is 10.6 Å². The highest BCUT2D eigenvalue weighted by Gasteiger charge is 2.26. The second-order valence-corrected chi connectivity index (χ2v) is 6.26. The van der Waals surface area contributed by atoms with Crippen LogP contribution in [0.1, 0.15) is 37.9 Å². The summed E-state index contributed by atoms with van der Waals surface area (Å²) in [5.74, 6) is -1.37. The van der Waals surface area contributed by atoms with E-state index < -0.39 is 5.97 Å². The Morgan fingerprint density at radius 3 is 2.43 bits per heavy atom. The molecule has 0 saturated heterocycles. The average Bonchev–Trinajstić information content (AvgIpc) is 2.35. The van der Waals surface area contributed by atoms with Crippen molar-refractivity contribution in [3.63, 3.8) is 0 Å². The van der Waals surface area contributed by atoms with E-state index >= 15 is 0 Å². The third-order valence-corrected chi connectivity index (χ3v) is 3.15. The second-order valence-electron chi connectivity index (χ2n) is 6.26. The molecule has 0 spiro atoms. The molecular weight excluding hydrogens is 268 g/mol. The van der Waals surface area contributed by atoms with Gasteiger partial charge in [-0.2, -0.15) is 0 Å². The molecule has 1 atom stereocenters. The lowest BCUT2D eigenvalue weighted by atomic mass is 9.82. The summed E-state index contributed by atoms with van der Waals surface area (Å²) in [6.45, 7) is 8.06. The highest BCUT2D eigenvalue weighted by atomic mass is 16.4. The summed E-state index contributed by atoms with van der Waals surface area (Å²) in [4.78, 5) is 22.1. The molecule has 0 saturated carbocycles. The SMILES string of the molecule is Cc1cccc(C(NCC(=O)NCC(=O)O)C(C)(C)C)c1. The minimum Gasteiger partial charge on any atom is -0.480 e. The number of benzene rings is 1. The molecule has 0 heterocycles. The molecule has 5 heteroatoms. The topological polar surface area (TPSA) is 78.4 Å². The predicted molar refractivity (Wildman–Crippen MR) is 82.0 cm³/mol. The van der Waals surface area contributed by atoms with Gasteiger partial charge in [-0.05, 0) is 17.9 Å². The van der Waals surface area contributed by atoms with Crippen molar-refractivity contribution in [2.45, 2.75) is 33.7 Å². The number of hydrogen-bond acceptors (Lipinski definition) is 3. The van der Waals surface area contributed by atoms with Gasteiger partial charge in [-0.3, -0.25) is 9.59 Å². The van der Waals surface area contributed by atoms with Gasteiger partial charge in [0.05, 0.1) is 6.54 Å². The van der Waals surface area contributed by atoms with Crippen LogP contribution in [0.25, 0.3) is 0 Å². The molecule has 0 bridgehead atoms. The maximum absolute atomic E-state index is 11.6. The number of aliphatic carboxylic acids is 1. The van der Waals surface area contributed by atoms with E-state index in [0.717, 1.165) is 5.56 Å². The van der Waals surface area contributed by atoms with E-state index in [1.54, 1.807) is 0 Å². The lowest BCUT2D eigenvalue weighted by Gasteiger charge is -2.32. The molecule has 0 aliphatic rings. The van der Waals surface area contributed by atoms with Crippen molar-refractivity contribution < 1.29 is 14.7 Å². The number of rotatable bonds is 6. The maximum atomic E-state index is 11.6. The molecule has 1 aromatic carbocycles. The number of carboxylic acid groups (broad SMARTS) is 1. The van der Waals surface area contributed by atoms with Gasteiger partial charge in [-0.25, -0.2) is 0 Å². The first-order valence-corrected chi connectivity index (χ1v) is 6.98. The Morgan fingerprint density at radius 2 is 1.90 bits per heavy atom. The van der Waals surface area contributed by atoms with Crippen LogP contribution in [0.3, 0.4) is 0 Å². The number of aryl methyl sites for hydroxylation is 1. The van der Waals surface area contributed by atoms with Gasteiger partial charge >= 0.3 is 5.97 Å². The molecule has 1 amide bonds. The minimum atomic E-state index is -1.05. The summed E-state index contributed by atoms with van der Waals surface area (Å²) in [5, 5.41) is 14.1. The lowest BCUT2D eigenvalue weighted by Crippen LogP contribution is -2.41. The number of carbonyl (C=O) groups is 2. The van der Waals surface area contributed by atoms with Gasteiger partial charge in [-0.1, -0.05) is 50.6 Å². The Labute approximate surface area is 125 Å². The summed E-state index contributed by atoms with van der Waals surface area (Å²) in [7, 11) is 0. The van der Waals surface area contributed by atoms with E-state index in [9.17, 15) is 9.59 Å². The Bertz CT molecular complexity index is 506. The Morgan fingerprint density at radius 1 is 1.24 bits per heavy atom. The quantitative estimate of drug-likeness (QED) is 0.748. The number of carbonyl (C=O) groups excluding carboxylic acids is 1. The Hall–Kier alpha value is -1.88. The van der Waals surface area contributed by atoms with Gasteiger partial charge in [0.15, 0.2) is 0 Å². The highest BCUT2D eigenvalue weighted by Crippen LogP contribution is 2.32. The fourth-order valence-corrected chi connectivity index (χ4v) is 2.21. The standard InChI is InChI=1S/C16H24N2O3/c1-11-6-5-7-12(8-11)15(16(2,3)4)18-9-13(19)17-10-14(20)21/h5-8,15,18H,9-10H2,1-4H3,(H,17,19)(H,20,21). The van der Waals surface area contributed by atoms with Crippen molar-refractivity contribution in [3.8, 4) is 0 Å². The van der Waals surface area contributed by atoms with E-state index in [1.807, 2.05) is 25.1 Å². The number of amides is 1. The third-order valence-electron chi connectivity index (χ3n) is 3.15. The van der Waals surface area contributed by atoms with Crippen LogP contribution in [0.2, 0.25) is 0 Å². The third kappa shape index (κ3) is 5.95.